The van der Waals surface area contributed by atoms with Gasteiger partial charge in [0.05, 0.1) is 17.7 Å². The SMILES string of the molecule is C#CCCN1CC(COc2ccc3c(c2)C(=O)N(C2CCC(=O)NC2=O)C3=O)C1. The number of imide groups is 2. The molecule has 0 saturated carbocycles. The van der Waals surface area contributed by atoms with Crippen molar-refractivity contribution in [3.63, 3.8) is 0 Å². The molecular formula is C21H21N3O5. The van der Waals surface area contributed by atoms with Crippen molar-refractivity contribution >= 4 is 23.6 Å². The monoisotopic (exact) mass is 395 g/mol. The molecular weight excluding hydrogens is 374 g/mol. The van der Waals surface area contributed by atoms with Crippen LogP contribution in [0.1, 0.15) is 40.0 Å². The van der Waals surface area contributed by atoms with Gasteiger partial charge in [0.1, 0.15) is 11.8 Å². The molecule has 3 aliphatic heterocycles. The largest absolute Gasteiger partial charge is 0.493 e. The maximum atomic E-state index is 12.8. The summed E-state index contributed by atoms with van der Waals surface area (Å²) in [6.07, 6.45) is 6.23. The van der Waals surface area contributed by atoms with Crippen LogP contribution >= 0.6 is 0 Å². The van der Waals surface area contributed by atoms with Crippen LogP contribution < -0.4 is 10.1 Å². The van der Waals surface area contributed by atoms with E-state index in [1.165, 1.54) is 0 Å². The summed E-state index contributed by atoms with van der Waals surface area (Å²) in [7, 11) is 0. The van der Waals surface area contributed by atoms with Crippen molar-refractivity contribution in [1.82, 2.24) is 15.1 Å². The lowest BCUT2D eigenvalue weighted by molar-refractivity contribution is -0.136. The molecule has 2 fully saturated rings. The summed E-state index contributed by atoms with van der Waals surface area (Å²) >= 11 is 0. The van der Waals surface area contributed by atoms with Crippen LogP contribution in [0.15, 0.2) is 18.2 Å². The van der Waals surface area contributed by atoms with Gasteiger partial charge in [0.2, 0.25) is 11.8 Å². The van der Waals surface area contributed by atoms with Gasteiger partial charge in [-0.3, -0.25) is 29.4 Å². The van der Waals surface area contributed by atoms with Crippen LogP contribution in [0.4, 0.5) is 0 Å². The first-order valence-corrected chi connectivity index (χ1v) is 9.62. The highest BCUT2D eigenvalue weighted by molar-refractivity contribution is 6.23. The summed E-state index contributed by atoms with van der Waals surface area (Å²) in [6, 6.07) is 3.80. The van der Waals surface area contributed by atoms with Crippen LogP contribution in [-0.4, -0.2) is 65.7 Å². The van der Waals surface area contributed by atoms with Gasteiger partial charge in [-0.1, -0.05) is 0 Å². The molecule has 1 N–H and O–H groups in total. The minimum atomic E-state index is -0.964. The Morgan fingerprint density at radius 1 is 1.14 bits per heavy atom. The Kier molecular flexibility index (Phi) is 5.07. The molecule has 29 heavy (non-hydrogen) atoms. The molecule has 0 bridgehead atoms. The van der Waals surface area contributed by atoms with Gasteiger partial charge in [0.25, 0.3) is 11.8 Å². The van der Waals surface area contributed by atoms with E-state index in [4.69, 9.17) is 11.2 Å². The van der Waals surface area contributed by atoms with E-state index in [0.717, 1.165) is 31.0 Å². The molecule has 2 saturated heterocycles. The number of amides is 4. The number of carbonyl (C=O) groups excluding carboxylic acids is 4. The van der Waals surface area contributed by atoms with Crippen molar-refractivity contribution in [3.8, 4) is 18.1 Å². The maximum Gasteiger partial charge on any atom is 0.262 e. The molecule has 3 heterocycles. The summed E-state index contributed by atoms with van der Waals surface area (Å²) < 4.78 is 5.81. The van der Waals surface area contributed by atoms with Crippen molar-refractivity contribution in [3.05, 3.63) is 29.3 Å². The second-order valence-corrected chi connectivity index (χ2v) is 7.55. The highest BCUT2D eigenvalue weighted by Crippen LogP contribution is 2.30. The first-order chi connectivity index (χ1) is 14.0. The lowest BCUT2D eigenvalue weighted by atomic mass is 10.0. The van der Waals surface area contributed by atoms with E-state index in [9.17, 15) is 19.2 Å². The topological polar surface area (TPSA) is 96.0 Å². The van der Waals surface area contributed by atoms with Crippen LogP contribution in [0.5, 0.6) is 5.75 Å². The first kappa shape index (κ1) is 19.2. The fourth-order valence-corrected chi connectivity index (χ4v) is 3.94. The van der Waals surface area contributed by atoms with Crippen molar-refractivity contribution in [2.24, 2.45) is 5.92 Å². The lowest BCUT2D eigenvalue weighted by Crippen LogP contribution is -2.54. The fraction of sp³-hybridized carbons (Fsp3) is 0.429. The van der Waals surface area contributed by atoms with Crippen molar-refractivity contribution in [2.75, 3.05) is 26.2 Å². The third-order valence-electron chi connectivity index (χ3n) is 5.50. The number of nitrogens with one attached hydrogen (secondary N) is 1. The Morgan fingerprint density at radius 2 is 1.90 bits per heavy atom. The average Bonchev–Trinajstić information content (AvgIpc) is 2.91. The number of fused-ring (bicyclic) bond motifs is 1. The van der Waals surface area contributed by atoms with Gasteiger partial charge in [-0.15, -0.1) is 12.3 Å². The molecule has 8 nitrogen and oxygen atoms in total. The molecule has 1 unspecified atom stereocenters. The van der Waals surface area contributed by atoms with Crippen molar-refractivity contribution < 1.29 is 23.9 Å². The molecule has 1 aromatic rings. The van der Waals surface area contributed by atoms with Crippen LogP contribution in [-0.2, 0) is 9.59 Å². The Hall–Kier alpha value is -3.18. The number of ether oxygens (including phenoxy) is 1. The molecule has 0 aliphatic carbocycles. The minimum absolute atomic E-state index is 0.0952. The summed E-state index contributed by atoms with van der Waals surface area (Å²) in [5, 5.41) is 2.18. The van der Waals surface area contributed by atoms with E-state index in [0.29, 0.717) is 18.3 Å². The van der Waals surface area contributed by atoms with Crippen molar-refractivity contribution in [2.45, 2.75) is 25.3 Å². The van der Waals surface area contributed by atoms with Gasteiger partial charge in [0, 0.05) is 38.4 Å². The number of nitrogens with zero attached hydrogens (tertiary/aromatic N) is 2. The summed E-state index contributed by atoms with van der Waals surface area (Å²) in [5.41, 5.74) is 0.470. The zero-order chi connectivity index (χ0) is 20.5. The van der Waals surface area contributed by atoms with E-state index >= 15 is 0 Å². The van der Waals surface area contributed by atoms with E-state index in [1.807, 2.05) is 0 Å². The molecule has 0 radical (unpaired) electrons. The highest BCUT2D eigenvalue weighted by atomic mass is 16.5. The average molecular weight is 395 g/mol. The predicted molar refractivity (Wildman–Crippen MR) is 102 cm³/mol. The van der Waals surface area contributed by atoms with Gasteiger partial charge in [0.15, 0.2) is 0 Å². The van der Waals surface area contributed by atoms with Gasteiger partial charge in [-0.05, 0) is 24.6 Å². The van der Waals surface area contributed by atoms with E-state index < -0.39 is 29.7 Å². The summed E-state index contributed by atoms with van der Waals surface area (Å²) in [6.45, 7) is 3.25. The number of hydrogen-bond donors (Lipinski definition) is 1. The minimum Gasteiger partial charge on any atom is -0.493 e. The molecule has 3 aliphatic rings. The van der Waals surface area contributed by atoms with E-state index in [2.05, 4.69) is 16.1 Å². The molecule has 8 heteroatoms. The fourth-order valence-electron chi connectivity index (χ4n) is 3.94. The van der Waals surface area contributed by atoms with Crippen LogP contribution in [0, 0.1) is 18.3 Å². The standard InChI is InChI=1S/C21H21N3O5/c1-2-3-8-23-10-13(11-23)12-29-14-4-5-15-16(9-14)21(28)24(20(15)27)17-6-7-18(25)22-19(17)26/h1,4-5,9,13,17H,3,6-8,10-12H2,(H,22,25,26). The van der Waals surface area contributed by atoms with E-state index in [1.54, 1.807) is 18.2 Å². The Labute approximate surface area is 168 Å². The second kappa shape index (κ2) is 7.68. The number of likely N-dealkylation sites (tertiary alicyclic amines) is 1. The number of terminal acetylenes is 1. The smallest absolute Gasteiger partial charge is 0.262 e. The second-order valence-electron chi connectivity index (χ2n) is 7.55. The number of benzene rings is 1. The quantitative estimate of drug-likeness (QED) is 0.554. The van der Waals surface area contributed by atoms with Gasteiger partial charge in [-0.25, -0.2) is 0 Å². The zero-order valence-corrected chi connectivity index (χ0v) is 15.8. The maximum absolute atomic E-state index is 12.8. The van der Waals surface area contributed by atoms with Crippen LogP contribution in [0.3, 0.4) is 0 Å². The lowest BCUT2D eigenvalue weighted by Gasteiger charge is -2.38. The zero-order valence-electron chi connectivity index (χ0n) is 15.8. The normalized spacial score (nSPS) is 22.2. The third kappa shape index (κ3) is 3.61. The Bertz CT molecular complexity index is 929. The number of hydrogen-bond acceptors (Lipinski definition) is 6. The predicted octanol–water partition coefficient (Wildman–Crippen LogP) is 0.422. The molecule has 4 amide bonds. The molecule has 1 atom stereocenters. The van der Waals surface area contributed by atoms with Gasteiger partial charge < -0.3 is 9.64 Å². The molecule has 0 aromatic heterocycles. The third-order valence-corrected chi connectivity index (χ3v) is 5.50. The molecule has 0 spiro atoms. The highest BCUT2D eigenvalue weighted by Gasteiger charge is 2.44. The molecule has 1 aromatic carbocycles. The Balaban J connectivity index is 1.39. The number of piperidine rings is 1. The van der Waals surface area contributed by atoms with Crippen LogP contribution in [0.2, 0.25) is 0 Å². The summed E-state index contributed by atoms with van der Waals surface area (Å²) in [5.74, 6) is 1.47. The van der Waals surface area contributed by atoms with Crippen molar-refractivity contribution in [1.29, 1.82) is 0 Å². The Morgan fingerprint density at radius 3 is 2.62 bits per heavy atom. The number of carbonyl (C=O) groups is 4. The van der Waals surface area contributed by atoms with E-state index in [-0.39, 0.29) is 24.0 Å². The van der Waals surface area contributed by atoms with Crippen LogP contribution in [0.25, 0.3) is 0 Å². The first-order valence-electron chi connectivity index (χ1n) is 9.62. The summed E-state index contributed by atoms with van der Waals surface area (Å²) in [4.78, 5) is 52.1. The molecule has 150 valence electrons. The number of rotatable bonds is 6. The van der Waals surface area contributed by atoms with Gasteiger partial charge in [-0.2, -0.15) is 0 Å². The van der Waals surface area contributed by atoms with Gasteiger partial charge >= 0.3 is 0 Å². The molecule has 4 rings (SSSR count).